The van der Waals surface area contributed by atoms with Crippen LogP contribution >= 0.6 is 0 Å². The highest BCUT2D eigenvalue weighted by Crippen LogP contribution is 2.43. The van der Waals surface area contributed by atoms with Gasteiger partial charge in [-0.15, -0.1) is 0 Å². The number of aliphatic hydroxyl groups is 1. The molecule has 1 aliphatic rings. The van der Waals surface area contributed by atoms with Crippen molar-refractivity contribution < 1.29 is 13.5 Å². The normalized spacial score (nSPS) is 25.7. The number of sulfonamides is 1. The van der Waals surface area contributed by atoms with Crippen LogP contribution in [-0.2, 0) is 10.0 Å². The Morgan fingerprint density at radius 2 is 2.05 bits per heavy atom. The van der Waals surface area contributed by atoms with E-state index in [1.54, 1.807) is 0 Å². The summed E-state index contributed by atoms with van der Waals surface area (Å²) in [5, 5.41) is 18.0. The van der Waals surface area contributed by atoms with Gasteiger partial charge in [-0.05, 0) is 24.6 Å². The number of anilines is 2. The molecule has 0 aliphatic heterocycles. The summed E-state index contributed by atoms with van der Waals surface area (Å²) in [6.45, 7) is 3.89. The van der Waals surface area contributed by atoms with E-state index in [4.69, 9.17) is 10.9 Å². The molecule has 0 saturated heterocycles. The Morgan fingerprint density at radius 1 is 1.42 bits per heavy atom. The van der Waals surface area contributed by atoms with Crippen LogP contribution in [0.3, 0.4) is 0 Å². The second kappa shape index (κ2) is 4.36. The summed E-state index contributed by atoms with van der Waals surface area (Å²) in [6, 6.07) is 4.34. The van der Waals surface area contributed by atoms with Crippen LogP contribution in [0.5, 0.6) is 0 Å². The Bertz CT molecular complexity index is 598. The Labute approximate surface area is 112 Å². The van der Waals surface area contributed by atoms with Crippen molar-refractivity contribution >= 4 is 21.4 Å². The minimum atomic E-state index is -3.75. The molecule has 1 aliphatic carbocycles. The zero-order valence-electron chi connectivity index (χ0n) is 10.9. The third kappa shape index (κ3) is 2.54. The lowest BCUT2D eigenvalue weighted by Crippen LogP contribution is -2.56. The molecule has 7 heteroatoms. The number of hydrogen-bond donors (Lipinski definition) is 4. The number of nitrogens with one attached hydrogen (secondary N) is 1. The van der Waals surface area contributed by atoms with Crippen molar-refractivity contribution in [3.63, 3.8) is 0 Å². The minimum Gasteiger partial charge on any atom is -0.397 e. The average molecular weight is 285 g/mol. The third-order valence-electron chi connectivity index (χ3n) is 3.90. The first-order valence-corrected chi connectivity index (χ1v) is 7.54. The van der Waals surface area contributed by atoms with E-state index in [1.807, 2.05) is 13.8 Å². The van der Waals surface area contributed by atoms with E-state index in [0.29, 0.717) is 17.8 Å². The fourth-order valence-corrected chi connectivity index (χ4v) is 2.71. The molecular weight excluding hydrogens is 266 g/mol. The average Bonchev–Trinajstić information content (AvgIpc) is 2.29. The predicted octanol–water partition coefficient (Wildman–Crippen LogP) is 0.488. The molecule has 0 radical (unpaired) electrons. The molecule has 0 aromatic heterocycles. The molecule has 2 atom stereocenters. The van der Waals surface area contributed by atoms with E-state index < -0.39 is 10.0 Å². The second-order valence-corrected chi connectivity index (χ2v) is 7.13. The molecule has 0 bridgehead atoms. The Hall–Kier alpha value is -1.31. The molecule has 2 rings (SSSR count). The van der Waals surface area contributed by atoms with Crippen molar-refractivity contribution in [2.24, 2.45) is 10.6 Å². The summed E-state index contributed by atoms with van der Waals surface area (Å²) < 4.78 is 22.6. The molecule has 6 nitrogen and oxygen atoms in total. The van der Waals surface area contributed by atoms with Crippen molar-refractivity contribution in [3.8, 4) is 0 Å². The zero-order valence-corrected chi connectivity index (χ0v) is 11.7. The molecule has 2 unspecified atom stereocenters. The van der Waals surface area contributed by atoms with Crippen molar-refractivity contribution in [2.45, 2.75) is 37.3 Å². The van der Waals surface area contributed by atoms with Crippen LogP contribution in [0.4, 0.5) is 11.4 Å². The molecule has 0 heterocycles. The molecule has 19 heavy (non-hydrogen) atoms. The highest BCUT2D eigenvalue weighted by atomic mass is 32.2. The maximum atomic E-state index is 11.3. The number of hydrogen-bond acceptors (Lipinski definition) is 5. The van der Waals surface area contributed by atoms with Crippen molar-refractivity contribution in [2.75, 3.05) is 11.1 Å². The first-order valence-electron chi connectivity index (χ1n) is 5.99. The van der Waals surface area contributed by atoms with E-state index in [2.05, 4.69) is 5.32 Å². The van der Waals surface area contributed by atoms with Gasteiger partial charge in [-0.25, -0.2) is 13.6 Å². The zero-order chi connectivity index (χ0) is 14.4. The van der Waals surface area contributed by atoms with E-state index >= 15 is 0 Å². The van der Waals surface area contributed by atoms with Gasteiger partial charge < -0.3 is 16.2 Å². The Balaban J connectivity index is 2.26. The number of benzene rings is 1. The summed E-state index contributed by atoms with van der Waals surface area (Å²) in [4.78, 5) is 0.0156. The van der Waals surface area contributed by atoms with E-state index in [9.17, 15) is 13.5 Å². The topological polar surface area (TPSA) is 118 Å². The van der Waals surface area contributed by atoms with Crippen molar-refractivity contribution in [3.05, 3.63) is 18.2 Å². The highest BCUT2D eigenvalue weighted by molar-refractivity contribution is 7.89. The molecule has 106 valence electrons. The molecule has 6 N–H and O–H groups in total. The third-order valence-corrected chi connectivity index (χ3v) is 4.81. The minimum absolute atomic E-state index is 0.0156. The van der Waals surface area contributed by atoms with Crippen LogP contribution in [0.25, 0.3) is 0 Å². The van der Waals surface area contributed by atoms with Gasteiger partial charge in [0.25, 0.3) is 0 Å². The van der Waals surface area contributed by atoms with E-state index in [0.717, 1.165) is 0 Å². The van der Waals surface area contributed by atoms with E-state index in [-0.39, 0.29) is 22.5 Å². The first kappa shape index (κ1) is 14.1. The largest absolute Gasteiger partial charge is 0.397 e. The van der Waals surface area contributed by atoms with Gasteiger partial charge in [-0.1, -0.05) is 13.8 Å². The lowest BCUT2D eigenvalue weighted by molar-refractivity contribution is -0.0510. The number of rotatable bonds is 3. The van der Waals surface area contributed by atoms with Crippen molar-refractivity contribution in [1.82, 2.24) is 0 Å². The van der Waals surface area contributed by atoms with Gasteiger partial charge in [0.1, 0.15) is 0 Å². The maximum Gasteiger partial charge on any atom is 0.238 e. The number of nitrogen functional groups attached to an aromatic ring is 1. The molecule has 1 saturated carbocycles. The monoisotopic (exact) mass is 285 g/mol. The summed E-state index contributed by atoms with van der Waals surface area (Å²) in [5.74, 6) is 0. The van der Waals surface area contributed by atoms with Gasteiger partial charge in [-0.3, -0.25) is 0 Å². The molecule has 1 fully saturated rings. The van der Waals surface area contributed by atoms with Crippen LogP contribution in [0.15, 0.2) is 23.1 Å². The van der Waals surface area contributed by atoms with Crippen LogP contribution in [-0.4, -0.2) is 25.7 Å². The smallest absolute Gasteiger partial charge is 0.238 e. The summed E-state index contributed by atoms with van der Waals surface area (Å²) in [5.41, 5.74) is 6.52. The second-order valence-electron chi connectivity index (χ2n) is 5.56. The van der Waals surface area contributed by atoms with Crippen LogP contribution in [0.2, 0.25) is 0 Å². The highest BCUT2D eigenvalue weighted by Gasteiger charge is 2.47. The van der Waals surface area contributed by atoms with Gasteiger partial charge in [-0.2, -0.15) is 0 Å². The first-order chi connectivity index (χ1) is 8.62. The Kier molecular flexibility index (Phi) is 3.24. The fourth-order valence-electron chi connectivity index (χ4n) is 2.17. The molecular formula is C12H19N3O3S. The van der Waals surface area contributed by atoms with Crippen LogP contribution < -0.4 is 16.2 Å². The standard InChI is InChI=1S/C12H19N3O3S/c1-12(2)10(6-11(12)16)15-9-5-7(19(14,17)18)3-4-8(9)13/h3-5,10-11,15-16H,6,13H2,1-2H3,(H2,14,17,18). The summed E-state index contributed by atoms with van der Waals surface area (Å²) in [6.07, 6.45) is 0.235. The molecule has 1 aromatic rings. The van der Waals surface area contributed by atoms with Crippen molar-refractivity contribution in [1.29, 1.82) is 0 Å². The molecule has 0 spiro atoms. The summed E-state index contributed by atoms with van der Waals surface area (Å²) >= 11 is 0. The number of aliphatic hydroxyl groups excluding tert-OH is 1. The van der Waals surface area contributed by atoms with Crippen LogP contribution in [0, 0.1) is 5.41 Å². The lowest BCUT2D eigenvalue weighted by atomic mass is 9.64. The predicted molar refractivity (Wildman–Crippen MR) is 74.0 cm³/mol. The molecule has 1 aromatic carbocycles. The SMILES string of the molecule is CC1(C)C(O)CC1Nc1cc(S(N)(=O)=O)ccc1N. The van der Waals surface area contributed by atoms with Gasteiger partial charge in [0.05, 0.1) is 22.4 Å². The number of primary sulfonamides is 1. The van der Waals surface area contributed by atoms with Gasteiger partial charge >= 0.3 is 0 Å². The maximum absolute atomic E-state index is 11.3. The summed E-state index contributed by atoms with van der Waals surface area (Å²) in [7, 11) is -3.75. The van der Waals surface area contributed by atoms with E-state index in [1.165, 1.54) is 18.2 Å². The lowest BCUT2D eigenvalue weighted by Gasteiger charge is -2.50. The quantitative estimate of drug-likeness (QED) is 0.603. The number of nitrogens with two attached hydrogens (primary N) is 2. The van der Waals surface area contributed by atoms with Gasteiger partial charge in [0, 0.05) is 11.5 Å². The Morgan fingerprint density at radius 3 is 2.53 bits per heavy atom. The fraction of sp³-hybridized carbons (Fsp3) is 0.500. The van der Waals surface area contributed by atoms with Crippen LogP contribution in [0.1, 0.15) is 20.3 Å². The van der Waals surface area contributed by atoms with Gasteiger partial charge in [0.15, 0.2) is 0 Å². The molecule has 0 amide bonds. The van der Waals surface area contributed by atoms with Gasteiger partial charge in [0.2, 0.25) is 10.0 Å².